The second kappa shape index (κ2) is 8.92. The number of rotatable bonds is 6. The van der Waals surface area contributed by atoms with Crippen LogP contribution in [0.2, 0.25) is 0 Å². The first-order chi connectivity index (χ1) is 14.7. The molecule has 160 valence electrons. The molecule has 1 atom stereocenters. The minimum atomic E-state index is -1.09. The molecular weight excluding hydrogens is 476 g/mol. The summed E-state index contributed by atoms with van der Waals surface area (Å²) >= 11 is 3.17. The number of carbonyl (C=O) groups is 1. The molecule has 0 radical (unpaired) electrons. The third kappa shape index (κ3) is 4.53. The zero-order valence-corrected chi connectivity index (χ0v) is 17.8. The van der Waals surface area contributed by atoms with E-state index < -0.39 is 33.9 Å². The lowest BCUT2D eigenvalue weighted by Gasteiger charge is -2.14. The van der Waals surface area contributed by atoms with Crippen LogP contribution in [0.4, 0.5) is 5.69 Å². The van der Waals surface area contributed by atoms with E-state index in [1.54, 1.807) is 18.2 Å². The van der Waals surface area contributed by atoms with Gasteiger partial charge in [-0.3, -0.25) is 14.9 Å². The van der Waals surface area contributed by atoms with E-state index in [0.717, 1.165) is 12.3 Å². The second-order valence-corrected chi connectivity index (χ2v) is 7.08. The first kappa shape index (κ1) is 21.9. The van der Waals surface area contributed by atoms with Crippen LogP contribution in [0.5, 0.6) is 5.75 Å². The Morgan fingerprint density at radius 3 is 2.71 bits per heavy atom. The SMILES string of the molecule is COC(=O)[C@H](C)Oc1c(Br)cc(C=Nn2c(=O)[nH]c3ccccc3c2=O)cc1[N+](=O)[O-]. The van der Waals surface area contributed by atoms with E-state index in [4.69, 9.17) is 4.74 Å². The quantitative estimate of drug-likeness (QED) is 0.241. The number of para-hydroxylation sites is 1. The number of nitrogens with zero attached hydrogens (tertiary/aromatic N) is 3. The lowest BCUT2D eigenvalue weighted by molar-refractivity contribution is -0.386. The highest BCUT2D eigenvalue weighted by Crippen LogP contribution is 2.36. The summed E-state index contributed by atoms with van der Waals surface area (Å²) in [4.78, 5) is 49.6. The van der Waals surface area contributed by atoms with Gasteiger partial charge in [0.1, 0.15) is 0 Å². The first-order valence-electron chi connectivity index (χ1n) is 8.73. The topological polar surface area (TPSA) is 146 Å². The zero-order chi connectivity index (χ0) is 22.7. The molecule has 0 aliphatic carbocycles. The summed E-state index contributed by atoms with van der Waals surface area (Å²) in [5.41, 5.74) is -1.29. The van der Waals surface area contributed by atoms with Gasteiger partial charge in [-0.05, 0) is 41.1 Å². The van der Waals surface area contributed by atoms with Gasteiger partial charge in [-0.2, -0.15) is 5.10 Å². The third-order valence-corrected chi connectivity index (χ3v) is 4.77. The molecule has 0 unspecified atom stereocenters. The third-order valence-electron chi connectivity index (χ3n) is 4.18. The summed E-state index contributed by atoms with van der Waals surface area (Å²) in [6.07, 6.45) is 0.0331. The van der Waals surface area contributed by atoms with Gasteiger partial charge in [0.2, 0.25) is 5.75 Å². The molecule has 0 saturated heterocycles. The van der Waals surface area contributed by atoms with Gasteiger partial charge in [-0.25, -0.2) is 9.59 Å². The van der Waals surface area contributed by atoms with Gasteiger partial charge in [0.25, 0.3) is 5.56 Å². The minimum Gasteiger partial charge on any atom is -0.471 e. The number of nitrogens with one attached hydrogen (secondary N) is 1. The molecule has 12 heteroatoms. The standard InChI is InChI=1S/C19H15BrN4O7/c1-10(18(26)30-2)31-16-13(20)7-11(8-15(16)24(28)29)9-21-23-17(25)12-5-3-4-6-14(12)22-19(23)27/h3-10H,1-2H3,(H,22,27)/t10-/m0/s1. The molecule has 3 rings (SSSR count). The van der Waals surface area contributed by atoms with E-state index in [1.807, 2.05) is 0 Å². The molecule has 0 bridgehead atoms. The molecule has 31 heavy (non-hydrogen) atoms. The number of aromatic amines is 1. The molecule has 1 heterocycles. The number of fused-ring (bicyclic) bond motifs is 1. The zero-order valence-electron chi connectivity index (χ0n) is 16.2. The van der Waals surface area contributed by atoms with Gasteiger partial charge >= 0.3 is 17.3 Å². The van der Waals surface area contributed by atoms with Crippen LogP contribution in [-0.2, 0) is 9.53 Å². The maximum Gasteiger partial charge on any atom is 0.349 e. The highest BCUT2D eigenvalue weighted by molar-refractivity contribution is 9.10. The number of hydrogen-bond acceptors (Lipinski definition) is 8. The van der Waals surface area contributed by atoms with Crippen molar-refractivity contribution in [2.24, 2.45) is 5.10 Å². The van der Waals surface area contributed by atoms with Crippen LogP contribution >= 0.6 is 15.9 Å². The Bertz CT molecular complexity index is 1330. The molecular formula is C19H15BrN4O7. The lowest BCUT2D eigenvalue weighted by Crippen LogP contribution is -2.32. The van der Waals surface area contributed by atoms with Crippen molar-refractivity contribution in [1.82, 2.24) is 9.66 Å². The van der Waals surface area contributed by atoms with E-state index in [0.29, 0.717) is 10.2 Å². The molecule has 0 aliphatic heterocycles. The molecule has 0 spiro atoms. The van der Waals surface area contributed by atoms with E-state index in [1.165, 1.54) is 26.2 Å². The van der Waals surface area contributed by atoms with E-state index in [-0.39, 0.29) is 21.2 Å². The van der Waals surface area contributed by atoms with Crippen LogP contribution in [0.3, 0.4) is 0 Å². The number of nitro groups is 1. The predicted octanol–water partition coefficient (Wildman–Crippen LogP) is 2.18. The Hall–Kier alpha value is -3.80. The predicted molar refractivity (Wildman–Crippen MR) is 115 cm³/mol. The van der Waals surface area contributed by atoms with E-state index in [2.05, 4.69) is 30.8 Å². The summed E-state index contributed by atoms with van der Waals surface area (Å²) in [7, 11) is 1.17. The maximum atomic E-state index is 12.5. The van der Waals surface area contributed by atoms with Crippen LogP contribution in [0, 0.1) is 10.1 Å². The highest BCUT2D eigenvalue weighted by atomic mass is 79.9. The number of ether oxygens (including phenoxy) is 2. The van der Waals surface area contributed by atoms with Crippen molar-refractivity contribution in [1.29, 1.82) is 0 Å². The minimum absolute atomic E-state index is 0.165. The summed E-state index contributed by atoms with van der Waals surface area (Å²) in [6, 6.07) is 9.00. The van der Waals surface area contributed by atoms with Crippen molar-refractivity contribution in [2.45, 2.75) is 13.0 Å². The van der Waals surface area contributed by atoms with Gasteiger partial charge < -0.3 is 14.5 Å². The van der Waals surface area contributed by atoms with Crippen LogP contribution in [0.15, 0.2) is 55.6 Å². The molecule has 3 aromatic rings. The van der Waals surface area contributed by atoms with Crippen molar-refractivity contribution in [3.8, 4) is 5.75 Å². The van der Waals surface area contributed by atoms with E-state index in [9.17, 15) is 24.5 Å². The lowest BCUT2D eigenvalue weighted by atomic mass is 10.2. The smallest absolute Gasteiger partial charge is 0.349 e. The van der Waals surface area contributed by atoms with Crippen molar-refractivity contribution in [3.63, 3.8) is 0 Å². The van der Waals surface area contributed by atoms with Gasteiger partial charge in [0.05, 0.1) is 33.6 Å². The molecule has 1 aromatic heterocycles. The number of esters is 1. The van der Waals surface area contributed by atoms with Gasteiger partial charge in [-0.15, -0.1) is 4.68 Å². The molecule has 0 fully saturated rings. The summed E-state index contributed by atoms with van der Waals surface area (Å²) < 4.78 is 10.7. The van der Waals surface area contributed by atoms with Crippen molar-refractivity contribution >= 4 is 44.7 Å². The largest absolute Gasteiger partial charge is 0.471 e. The molecule has 0 saturated carbocycles. The Labute approximate surface area is 182 Å². The summed E-state index contributed by atoms with van der Waals surface area (Å²) in [5, 5.41) is 15.6. The van der Waals surface area contributed by atoms with Crippen LogP contribution < -0.4 is 16.0 Å². The number of hydrogen-bond donors (Lipinski definition) is 1. The number of nitro benzene ring substituents is 1. The number of aromatic nitrogens is 2. The molecule has 0 aliphatic rings. The maximum absolute atomic E-state index is 12.5. The average Bonchev–Trinajstić information content (AvgIpc) is 2.74. The van der Waals surface area contributed by atoms with Crippen LogP contribution in [0.1, 0.15) is 12.5 Å². The van der Waals surface area contributed by atoms with Gasteiger partial charge in [0.15, 0.2) is 6.10 Å². The van der Waals surface area contributed by atoms with Crippen LogP contribution in [-0.4, -0.2) is 40.0 Å². The Balaban J connectivity index is 2.03. The Morgan fingerprint density at radius 1 is 1.32 bits per heavy atom. The first-order valence-corrected chi connectivity index (χ1v) is 9.53. The number of methoxy groups -OCH3 is 1. The fourth-order valence-corrected chi connectivity index (χ4v) is 3.26. The Kier molecular flexibility index (Phi) is 6.30. The van der Waals surface area contributed by atoms with Crippen molar-refractivity contribution in [3.05, 3.63) is 77.4 Å². The molecule has 1 N–H and O–H groups in total. The molecule has 2 aromatic carbocycles. The Morgan fingerprint density at radius 2 is 2.03 bits per heavy atom. The van der Waals surface area contributed by atoms with Gasteiger partial charge in [-0.1, -0.05) is 12.1 Å². The second-order valence-electron chi connectivity index (χ2n) is 6.23. The summed E-state index contributed by atoms with van der Waals surface area (Å²) in [5.74, 6) is -0.887. The number of H-pyrrole nitrogens is 1. The fourth-order valence-electron chi connectivity index (χ4n) is 2.70. The summed E-state index contributed by atoms with van der Waals surface area (Å²) in [6.45, 7) is 1.38. The highest BCUT2D eigenvalue weighted by Gasteiger charge is 2.25. The monoisotopic (exact) mass is 490 g/mol. The average molecular weight is 491 g/mol. The normalized spacial score (nSPS) is 12.1. The van der Waals surface area contributed by atoms with E-state index >= 15 is 0 Å². The number of halogens is 1. The van der Waals surface area contributed by atoms with Gasteiger partial charge in [0, 0.05) is 11.6 Å². The number of carbonyl (C=O) groups excluding carboxylic acids is 1. The fraction of sp³-hybridized carbons (Fsp3) is 0.158. The van der Waals surface area contributed by atoms with Crippen molar-refractivity contribution in [2.75, 3.05) is 7.11 Å². The molecule has 11 nitrogen and oxygen atoms in total. The van der Waals surface area contributed by atoms with Crippen LogP contribution in [0.25, 0.3) is 10.9 Å². The molecule has 0 amide bonds. The number of benzene rings is 2. The van der Waals surface area contributed by atoms with Crippen molar-refractivity contribution < 1.29 is 19.2 Å².